The van der Waals surface area contributed by atoms with Gasteiger partial charge in [-0.3, -0.25) is 9.59 Å². The Morgan fingerprint density at radius 1 is 0.971 bits per heavy atom. The normalized spacial score (nSPS) is 13.6. The number of ketones is 1. The van der Waals surface area contributed by atoms with Gasteiger partial charge in [0.25, 0.3) is 0 Å². The molecule has 1 saturated heterocycles. The van der Waals surface area contributed by atoms with Gasteiger partial charge in [0.1, 0.15) is 0 Å². The van der Waals surface area contributed by atoms with Crippen LogP contribution in [-0.4, -0.2) is 23.3 Å². The minimum Gasteiger partial charge on any atom is -0.358 e. The highest BCUT2D eigenvalue weighted by Crippen LogP contribution is 2.24. The number of benzene rings is 3. The highest BCUT2D eigenvalue weighted by atomic mass is 32.1. The molecule has 0 aliphatic carbocycles. The summed E-state index contributed by atoms with van der Waals surface area (Å²) in [5.74, 6) is 0.146. The number of hydrogen-bond acceptors (Lipinski definition) is 3. The molecular weight excluding hydrogens is 454 g/mol. The van der Waals surface area contributed by atoms with Crippen molar-refractivity contribution in [2.75, 3.05) is 16.8 Å². The standard InChI is InChI=1S/C29H31N3O2S/c1-29(2,3)23-14-12-21(13-15-23)27(34)22-8-5-9-24(18-22)31-28(35)30-19-20-7-4-10-25(17-20)32-16-6-11-26(32)33/h4-5,7-10,12-15,17-18H,6,11,16,19H2,1-3H3,(H2,30,31,35). The summed E-state index contributed by atoms with van der Waals surface area (Å²) in [7, 11) is 0. The van der Waals surface area contributed by atoms with Crippen molar-refractivity contribution in [1.29, 1.82) is 0 Å². The first-order valence-electron chi connectivity index (χ1n) is 11.9. The van der Waals surface area contributed by atoms with Gasteiger partial charge in [0.15, 0.2) is 10.9 Å². The largest absolute Gasteiger partial charge is 0.358 e. The molecule has 35 heavy (non-hydrogen) atoms. The number of anilines is 2. The molecule has 6 heteroatoms. The fourth-order valence-electron chi connectivity index (χ4n) is 4.14. The van der Waals surface area contributed by atoms with Gasteiger partial charge < -0.3 is 15.5 Å². The minimum atomic E-state index is -0.0266. The minimum absolute atomic E-state index is 0.0266. The van der Waals surface area contributed by atoms with Gasteiger partial charge in [-0.05, 0) is 59.4 Å². The van der Waals surface area contributed by atoms with Crippen molar-refractivity contribution in [1.82, 2.24) is 5.32 Å². The Kier molecular flexibility index (Phi) is 7.31. The molecule has 1 heterocycles. The maximum Gasteiger partial charge on any atom is 0.227 e. The lowest BCUT2D eigenvalue weighted by Crippen LogP contribution is -2.28. The Morgan fingerprint density at radius 2 is 1.71 bits per heavy atom. The molecule has 1 aliphatic heterocycles. The second-order valence-electron chi connectivity index (χ2n) is 9.86. The van der Waals surface area contributed by atoms with Crippen molar-refractivity contribution in [2.45, 2.75) is 45.6 Å². The third kappa shape index (κ3) is 6.14. The lowest BCUT2D eigenvalue weighted by molar-refractivity contribution is -0.117. The van der Waals surface area contributed by atoms with E-state index in [9.17, 15) is 9.59 Å². The van der Waals surface area contributed by atoms with E-state index >= 15 is 0 Å². The van der Waals surface area contributed by atoms with Crippen molar-refractivity contribution < 1.29 is 9.59 Å². The van der Waals surface area contributed by atoms with Crippen LogP contribution in [0.15, 0.2) is 72.8 Å². The quantitative estimate of drug-likeness (QED) is 0.340. The highest BCUT2D eigenvalue weighted by Gasteiger charge is 2.21. The number of carbonyl (C=O) groups is 2. The summed E-state index contributed by atoms with van der Waals surface area (Å²) in [5.41, 5.74) is 5.20. The van der Waals surface area contributed by atoms with Gasteiger partial charge in [-0.2, -0.15) is 0 Å². The number of nitrogens with one attached hydrogen (secondary N) is 2. The van der Waals surface area contributed by atoms with Gasteiger partial charge in [0, 0.05) is 42.0 Å². The van der Waals surface area contributed by atoms with Gasteiger partial charge >= 0.3 is 0 Å². The molecule has 0 spiro atoms. The predicted octanol–water partition coefficient (Wildman–Crippen LogP) is 5.83. The zero-order chi connectivity index (χ0) is 25.0. The average molecular weight is 486 g/mol. The molecule has 2 N–H and O–H groups in total. The van der Waals surface area contributed by atoms with Crippen LogP contribution in [0.3, 0.4) is 0 Å². The van der Waals surface area contributed by atoms with E-state index in [1.54, 1.807) is 0 Å². The smallest absolute Gasteiger partial charge is 0.227 e. The molecular formula is C29H31N3O2S. The van der Waals surface area contributed by atoms with Crippen LogP contribution in [-0.2, 0) is 16.8 Å². The lowest BCUT2D eigenvalue weighted by atomic mass is 9.86. The molecule has 0 unspecified atom stereocenters. The second-order valence-corrected chi connectivity index (χ2v) is 10.3. The molecule has 5 nitrogen and oxygen atoms in total. The van der Waals surface area contributed by atoms with E-state index in [0.29, 0.717) is 29.2 Å². The zero-order valence-corrected chi connectivity index (χ0v) is 21.2. The maximum atomic E-state index is 13.0. The third-order valence-corrected chi connectivity index (χ3v) is 6.39. The number of amides is 1. The number of rotatable bonds is 6. The van der Waals surface area contributed by atoms with Gasteiger partial charge in [0.05, 0.1) is 0 Å². The van der Waals surface area contributed by atoms with Crippen LogP contribution in [0.1, 0.15) is 60.7 Å². The zero-order valence-electron chi connectivity index (χ0n) is 20.4. The van der Waals surface area contributed by atoms with Crippen molar-refractivity contribution in [3.05, 3.63) is 95.1 Å². The van der Waals surface area contributed by atoms with Crippen molar-refractivity contribution in [3.63, 3.8) is 0 Å². The van der Waals surface area contributed by atoms with Crippen LogP contribution in [0.2, 0.25) is 0 Å². The monoisotopic (exact) mass is 485 g/mol. The number of hydrogen-bond donors (Lipinski definition) is 2. The van der Waals surface area contributed by atoms with E-state index < -0.39 is 0 Å². The first-order chi connectivity index (χ1) is 16.7. The van der Waals surface area contributed by atoms with E-state index in [-0.39, 0.29) is 17.1 Å². The molecule has 1 fully saturated rings. The van der Waals surface area contributed by atoms with Crippen molar-refractivity contribution >= 4 is 40.4 Å². The first-order valence-corrected chi connectivity index (χ1v) is 12.3. The molecule has 4 rings (SSSR count). The summed E-state index contributed by atoms with van der Waals surface area (Å²) < 4.78 is 0. The van der Waals surface area contributed by atoms with Crippen molar-refractivity contribution in [2.24, 2.45) is 0 Å². The van der Waals surface area contributed by atoms with Crippen LogP contribution in [0.4, 0.5) is 11.4 Å². The molecule has 0 aromatic heterocycles. The van der Waals surface area contributed by atoms with Gasteiger partial charge in [-0.1, -0.05) is 69.3 Å². The van der Waals surface area contributed by atoms with Crippen LogP contribution in [0.25, 0.3) is 0 Å². The van der Waals surface area contributed by atoms with Crippen LogP contribution < -0.4 is 15.5 Å². The Labute approximate surface area is 212 Å². The van der Waals surface area contributed by atoms with Crippen LogP contribution in [0, 0.1) is 0 Å². The fraction of sp³-hybridized carbons (Fsp3) is 0.276. The Bertz CT molecular complexity index is 1250. The summed E-state index contributed by atoms with van der Waals surface area (Å²) >= 11 is 5.47. The summed E-state index contributed by atoms with van der Waals surface area (Å²) in [6.07, 6.45) is 1.51. The number of nitrogens with zero attached hydrogens (tertiary/aromatic N) is 1. The van der Waals surface area contributed by atoms with E-state index in [2.05, 4.69) is 31.4 Å². The molecule has 180 valence electrons. The third-order valence-electron chi connectivity index (χ3n) is 6.14. The van der Waals surface area contributed by atoms with Gasteiger partial charge in [0.2, 0.25) is 5.91 Å². The Morgan fingerprint density at radius 3 is 2.40 bits per heavy atom. The van der Waals surface area contributed by atoms with E-state index in [1.165, 1.54) is 5.56 Å². The summed E-state index contributed by atoms with van der Waals surface area (Å²) in [5, 5.41) is 6.84. The van der Waals surface area contributed by atoms with Crippen molar-refractivity contribution in [3.8, 4) is 0 Å². The van der Waals surface area contributed by atoms with Crippen LogP contribution >= 0.6 is 12.2 Å². The first kappa shape index (κ1) is 24.6. The molecule has 3 aromatic carbocycles. The van der Waals surface area contributed by atoms with E-state index in [1.807, 2.05) is 77.7 Å². The predicted molar refractivity (Wildman–Crippen MR) is 146 cm³/mol. The molecule has 1 amide bonds. The maximum absolute atomic E-state index is 13.0. The summed E-state index contributed by atoms with van der Waals surface area (Å²) in [6, 6.07) is 23.1. The number of carbonyl (C=O) groups excluding carboxylic acids is 2. The summed E-state index contributed by atoms with van der Waals surface area (Å²) in [4.78, 5) is 26.9. The number of thiocarbonyl (C=S) groups is 1. The van der Waals surface area contributed by atoms with Crippen LogP contribution in [0.5, 0.6) is 0 Å². The van der Waals surface area contributed by atoms with E-state index in [0.717, 1.165) is 29.9 Å². The molecule has 0 atom stereocenters. The second kappa shape index (κ2) is 10.4. The van der Waals surface area contributed by atoms with Gasteiger partial charge in [-0.15, -0.1) is 0 Å². The molecule has 1 aliphatic rings. The topological polar surface area (TPSA) is 61.4 Å². The lowest BCUT2D eigenvalue weighted by Gasteiger charge is -2.19. The van der Waals surface area contributed by atoms with E-state index in [4.69, 9.17) is 12.2 Å². The SMILES string of the molecule is CC(C)(C)c1ccc(C(=O)c2cccc(NC(=S)NCc3cccc(N4CCCC4=O)c3)c2)cc1. The Balaban J connectivity index is 1.37. The molecule has 0 radical (unpaired) electrons. The highest BCUT2D eigenvalue weighted by molar-refractivity contribution is 7.80. The average Bonchev–Trinajstić information content (AvgIpc) is 3.28. The fourth-order valence-corrected chi connectivity index (χ4v) is 4.33. The summed E-state index contributed by atoms with van der Waals surface area (Å²) in [6.45, 7) is 7.76. The van der Waals surface area contributed by atoms with Gasteiger partial charge in [-0.25, -0.2) is 0 Å². The Hall–Kier alpha value is -3.51. The molecule has 3 aromatic rings. The molecule has 0 bridgehead atoms. The molecule has 0 saturated carbocycles.